The molecule has 0 unspecified atom stereocenters. The molecule has 0 bridgehead atoms. The van der Waals surface area contributed by atoms with Crippen LogP contribution in [0.1, 0.15) is 33.6 Å². The molecule has 0 N–H and O–H groups in total. The van der Waals surface area contributed by atoms with Crippen molar-refractivity contribution in [2.45, 2.75) is 30.8 Å². The van der Waals surface area contributed by atoms with Gasteiger partial charge in [0.15, 0.2) is 10.9 Å². The average Bonchev–Trinajstić information content (AvgIpc) is 3.07. The lowest BCUT2D eigenvalue weighted by Gasteiger charge is -2.10. The first-order chi connectivity index (χ1) is 13.5. The molecule has 2 aromatic heterocycles. The van der Waals surface area contributed by atoms with Gasteiger partial charge in [0.1, 0.15) is 4.83 Å². The molecule has 9 heteroatoms. The second-order valence-corrected chi connectivity index (χ2v) is 8.70. The van der Waals surface area contributed by atoms with Crippen molar-refractivity contribution >= 4 is 44.8 Å². The Bertz CT molecular complexity index is 1170. The Morgan fingerprint density at radius 1 is 1.36 bits per heavy atom. The second-order valence-electron chi connectivity index (χ2n) is 6.67. The molecule has 0 radical (unpaired) electrons. The number of Topliss-reactive ketones (excluding diaryl/α,β-unsaturated/α-hetero) is 1. The zero-order chi connectivity index (χ0) is 19.8. The molecule has 1 aliphatic carbocycles. The fraction of sp³-hybridized carbons (Fsp3) is 0.316. The second kappa shape index (κ2) is 7.48. The molecule has 28 heavy (non-hydrogen) atoms. The number of non-ortho nitro benzene ring substituents is 1. The minimum absolute atomic E-state index is 0.0536. The minimum Gasteiger partial charge on any atom is -0.293 e. The van der Waals surface area contributed by atoms with Gasteiger partial charge in [0.05, 0.1) is 16.1 Å². The van der Waals surface area contributed by atoms with Crippen molar-refractivity contribution in [2.24, 2.45) is 7.05 Å². The van der Waals surface area contributed by atoms with Gasteiger partial charge in [-0.2, -0.15) is 0 Å². The van der Waals surface area contributed by atoms with E-state index >= 15 is 0 Å². The van der Waals surface area contributed by atoms with E-state index < -0.39 is 4.92 Å². The summed E-state index contributed by atoms with van der Waals surface area (Å²) in [5.41, 5.74) is 1.23. The molecule has 0 amide bonds. The zero-order valence-electron chi connectivity index (χ0n) is 15.1. The Morgan fingerprint density at radius 3 is 2.93 bits per heavy atom. The van der Waals surface area contributed by atoms with Gasteiger partial charge >= 0.3 is 0 Å². The molecule has 144 valence electrons. The van der Waals surface area contributed by atoms with Crippen LogP contribution in [0, 0.1) is 10.1 Å². The van der Waals surface area contributed by atoms with Crippen molar-refractivity contribution < 1.29 is 9.72 Å². The number of hydrogen-bond acceptors (Lipinski definition) is 7. The smallest absolute Gasteiger partial charge is 0.270 e. The monoisotopic (exact) mass is 415 g/mol. The molecule has 7 nitrogen and oxygen atoms in total. The number of thiophene rings is 1. The van der Waals surface area contributed by atoms with Gasteiger partial charge in [-0.05, 0) is 31.2 Å². The van der Waals surface area contributed by atoms with Gasteiger partial charge < -0.3 is 0 Å². The van der Waals surface area contributed by atoms with Gasteiger partial charge in [0, 0.05) is 29.6 Å². The van der Waals surface area contributed by atoms with E-state index in [-0.39, 0.29) is 28.3 Å². The van der Waals surface area contributed by atoms with E-state index in [2.05, 4.69) is 4.98 Å². The van der Waals surface area contributed by atoms with Crippen LogP contribution in [0.25, 0.3) is 10.2 Å². The summed E-state index contributed by atoms with van der Waals surface area (Å²) in [6.45, 7) is 0. The molecule has 3 aromatic rings. The molecule has 1 aromatic carbocycles. The lowest BCUT2D eigenvalue weighted by molar-refractivity contribution is -0.384. The molecule has 2 heterocycles. The highest BCUT2D eigenvalue weighted by Gasteiger charge is 2.21. The van der Waals surface area contributed by atoms with E-state index in [9.17, 15) is 19.7 Å². The molecular weight excluding hydrogens is 398 g/mol. The summed E-state index contributed by atoms with van der Waals surface area (Å²) in [6, 6.07) is 5.67. The molecule has 0 saturated carbocycles. The highest BCUT2D eigenvalue weighted by Crippen LogP contribution is 2.34. The van der Waals surface area contributed by atoms with Crippen LogP contribution in [-0.2, 0) is 19.9 Å². The number of nitro groups is 1. The molecule has 1 aliphatic rings. The maximum atomic E-state index is 12.9. The molecule has 0 aliphatic heterocycles. The largest absolute Gasteiger partial charge is 0.293 e. The van der Waals surface area contributed by atoms with Crippen LogP contribution in [-0.4, -0.2) is 26.0 Å². The number of hydrogen-bond donors (Lipinski definition) is 0. The van der Waals surface area contributed by atoms with Crippen molar-refractivity contribution in [3.8, 4) is 0 Å². The summed E-state index contributed by atoms with van der Waals surface area (Å²) in [7, 11) is 1.67. The molecule has 0 atom stereocenters. The van der Waals surface area contributed by atoms with Gasteiger partial charge in [-0.25, -0.2) is 4.98 Å². The van der Waals surface area contributed by atoms with E-state index in [1.54, 1.807) is 24.5 Å². The average molecular weight is 415 g/mol. The van der Waals surface area contributed by atoms with Crippen LogP contribution in [0.15, 0.2) is 34.2 Å². The number of aryl methyl sites for hydroxylation is 2. The van der Waals surface area contributed by atoms with Gasteiger partial charge in [0.25, 0.3) is 11.2 Å². The summed E-state index contributed by atoms with van der Waals surface area (Å²) in [6.07, 6.45) is 4.15. The van der Waals surface area contributed by atoms with E-state index in [0.717, 1.165) is 41.5 Å². The van der Waals surface area contributed by atoms with E-state index in [0.29, 0.717) is 5.16 Å². The number of carbonyl (C=O) groups is 1. The third-order valence-corrected chi connectivity index (χ3v) is 7.08. The van der Waals surface area contributed by atoms with E-state index in [1.165, 1.54) is 39.4 Å². The SMILES string of the molecule is Cn1c(SCC(=O)c2cccc([N+](=O)[O-])c2)nc2sc3c(c2c1=O)CCCC3. The van der Waals surface area contributed by atoms with Crippen molar-refractivity contribution in [3.63, 3.8) is 0 Å². The fourth-order valence-electron chi connectivity index (χ4n) is 3.40. The minimum atomic E-state index is -0.526. The number of thioether (sulfide) groups is 1. The van der Waals surface area contributed by atoms with E-state index in [1.807, 2.05) is 0 Å². The number of carbonyl (C=O) groups excluding carboxylic acids is 1. The number of nitrogens with zero attached hydrogens (tertiary/aromatic N) is 3. The Morgan fingerprint density at radius 2 is 2.14 bits per heavy atom. The van der Waals surface area contributed by atoms with E-state index in [4.69, 9.17) is 0 Å². The third kappa shape index (κ3) is 3.35. The number of fused-ring (bicyclic) bond motifs is 3. The summed E-state index contributed by atoms with van der Waals surface area (Å²) < 4.78 is 1.50. The Labute approximate surface area is 168 Å². The number of rotatable bonds is 5. The van der Waals surface area contributed by atoms with Gasteiger partial charge in [-0.3, -0.25) is 24.3 Å². The molecule has 4 rings (SSSR count). The maximum absolute atomic E-state index is 12.9. The number of aromatic nitrogens is 2. The van der Waals surface area contributed by atoms with Crippen LogP contribution < -0.4 is 5.56 Å². The number of benzene rings is 1. The summed E-state index contributed by atoms with van der Waals surface area (Å²) in [4.78, 5) is 42.3. The van der Waals surface area contributed by atoms with Crippen LogP contribution in [0.5, 0.6) is 0 Å². The van der Waals surface area contributed by atoms with Gasteiger partial charge in [-0.1, -0.05) is 23.9 Å². The Balaban J connectivity index is 1.61. The van der Waals surface area contributed by atoms with Crippen LogP contribution in [0.3, 0.4) is 0 Å². The quantitative estimate of drug-likeness (QED) is 0.207. The van der Waals surface area contributed by atoms with Gasteiger partial charge in [-0.15, -0.1) is 11.3 Å². The first-order valence-electron chi connectivity index (χ1n) is 8.87. The maximum Gasteiger partial charge on any atom is 0.270 e. The number of ketones is 1. The van der Waals surface area contributed by atoms with Crippen molar-refractivity contribution in [2.75, 3.05) is 5.75 Å². The predicted octanol–water partition coefficient (Wildman–Crippen LogP) is 3.76. The Hall–Kier alpha value is -2.52. The molecule has 0 fully saturated rings. The first kappa shape index (κ1) is 18.8. The normalized spacial score (nSPS) is 13.5. The van der Waals surface area contributed by atoms with Crippen molar-refractivity contribution in [3.05, 3.63) is 60.7 Å². The summed E-state index contributed by atoms with van der Waals surface area (Å²) in [5.74, 6) is -0.188. The molecule has 0 spiro atoms. The topological polar surface area (TPSA) is 95.1 Å². The predicted molar refractivity (Wildman–Crippen MR) is 110 cm³/mol. The van der Waals surface area contributed by atoms with Gasteiger partial charge in [0.2, 0.25) is 0 Å². The van der Waals surface area contributed by atoms with Crippen molar-refractivity contribution in [1.29, 1.82) is 0 Å². The Kier molecular flexibility index (Phi) is 5.03. The lowest BCUT2D eigenvalue weighted by Crippen LogP contribution is -2.21. The summed E-state index contributed by atoms with van der Waals surface area (Å²) in [5, 5.41) is 12.1. The summed E-state index contributed by atoms with van der Waals surface area (Å²) >= 11 is 2.75. The lowest BCUT2D eigenvalue weighted by atomic mass is 9.97. The first-order valence-corrected chi connectivity index (χ1v) is 10.7. The third-order valence-electron chi connectivity index (χ3n) is 4.87. The molecule has 0 saturated heterocycles. The molecular formula is C19H17N3O4S2. The van der Waals surface area contributed by atoms with Crippen LogP contribution >= 0.6 is 23.1 Å². The van der Waals surface area contributed by atoms with Crippen LogP contribution in [0.2, 0.25) is 0 Å². The standard InChI is InChI=1S/C19H17N3O4S2/c1-21-18(24)16-13-7-2-3-8-15(13)28-17(16)20-19(21)27-10-14(23)11-5-4-6-12(9-11)22(25)26/h4-6,9H,2-3,7-8,10H2,1H3. The highest BCUT2D eigenvalue weighted by atomic mass is 32.2. The van der Waals surface area contributed by atoms with Crippen molar-refractivity contribution in [1.82, 2.24) is 9.55 Å². The highest BCUT2D eigenvalue weighted by molar-refractivity contribution is 7.99. The van der Waals surface area contributed by atoms with Crippen LogP contribution in [0.4, 0.5) is 5.69 Å². The number of nitro benzene ring substituents is 1. The fourth-order valence-corrected chi connectivity index (χ4v) is 5.57. The zero-order valence-corrected chi connectivity index (χ0v) is 16.8.